The lowest BCUT2D eigenvalue weighted by molar-refractivity contribution is 0.0971. The Morgan fingerprint density at radius 1 is 0.781 bits per heavy atom. The normalized spacial score (nSPS) is 10.1. The molecule has 2 aromatic carbocycles. The number of hydrogen-bond acceptors (Lipinski definition) is 8. The number of carbonyl (C=O) groups is 2. The first-order chi connectivity index (χ1) is 15.5. The summed E-state index contributed by atoms with van der Waals surface area (Å²) in [6.07, 6.45) is 1.84. The fourth-order valence-corrected chi connectivity index (χ4v) is 4.88. The molecule has 0 saturated carbocycles. The van der Waals surface area contributed by atoms with Crippen molar-refractivity contribution in [2.24, 2.45) is 10.2 Å². The standard InChI is InChI=1S/C20H20N6O4S2/c21-25-23-13-5-7-15(19(29)11-13)17(27)3-1-9-31-32-10-2-4-18(28)16-8-6-14(24-26-22)12-20(16)30/h5-8,11-12,29-30H,1-4,9-10H2. The molecule has 2 aromatic rings. The molecule has 0 unspecified atom stereocenters. The second-order valence-electron chi connectivity index (χ2n) is 6.48. The number of azide groups is 2. The van der Waals surface area contributed by atoms with Crippen molar-refractivity contribution in [3.05, 3.63) is 68.4 Å². The highest BCUT2D eigenvalue weighted by Crippen LogP contribution is 2.29. The van der Waals surface area contributed by atoms with Crippen molar-refractivity contribution >= 4 is 44.5 Å². The molecule has 0 aliphatic rings. The number of nitrogens with zero attached hydrogens (tertiary/aromatic N) is 6. The second-order valence-corrected chi connectivity index (χ2v) is 9.18. The lowest BCUT2D eigenvalue weighted by Crippen LogP contribution is -2.00. The predicted octanol–water partition coefficient (Wildman–Crippen LogP) is 6.99. The van der Waals surface area contributed by atoms with Gasteiger partial charge in [0.05, 0.1) is 11.1 Å². The van der Waals surface area contributed by atoms with Crippen LogP contribution in [0.25, 0.3) is 20.9 Å². The Balaban J connectivity index is 1.63. The quantitative estimate of drug-likeness (QED) is 0.0793. The third-order valence-corrected chi connectivity index (χ3v) is 6.81. The molecule has 2 rings (SSSR count). The Kier molecular flexibility index (Phi) is 10.3. The van der Waals surface area contributed by atoms with Gasteiger partial charge in [0.1, 0.15) is 11.5 Å². The van der Waals surface area contributed by atoms with Crippen LogP contribution in [0.3, 0.4) is 0 Å². The van der Waals surface area contributed by atoms with E-state index in [1.807, 2.05) is 0 Å². The zero-order valence-corrected chi connectivity index (χ0v) is 18.6. The summed E-state index contributed by atoms with van der Waals surface area (Å²) in [5, 5.41) is 26.5. The van der Waals surface area contributed by atoms with Gasteiger partial charge in [-0.05, 0) is 48.2 Å². The molecule has 0 atom stereocenters. The summed E-state index contributed by atoms with van der Waals surface area (Å²) in [4.78, 5) is 29.7. The molecule has 12 heteroatoms. The molecule has 0 saturated heterocycles. The van der Waals surface area contributed by atoms with E-state index in [0.717, 1.165) is 11.5 Å². The first-order valence-electron chi connectivity index (χ1n) is 9.53. The minimum absolute atomic E-state index is 0.183. The monoisotopic (exact) mass is 472 g/mol. The van der Waals surface area contributed by atoms with Gasteiger partial charge in [-0.15, -0.1) is 0 Å². The Bertz CT molecular complexity index is 996. The van der Waals surface area contributed by atoms with Gasteiger partial charge in [-0.3, -0.25) is 9.59 Å². The van der Waals surface area contributed by atoms with Gasteiger partial charge in [0.2, 0.25) is 0 Å². The molecule has 0 fully saturated rings. The van der Waals surface area contributed by atoms with E-state index >= 15 is 0 Å². The number of ketones is 2. The molecule has 0 radical (unpaired) electrons. The van der Waals surface area contributed by atoms with E-state index in [4.69, 9.17) is 11.1 Å². The Labute approximate surface area is 191 Å². The van der Waals surface area contributed by atoms with E-state index in [1.54, 1.807) is 21.6 Å². The lowest BCUT2D eigenvalue weighted by Gasteiger charge is -2.06. The molecule has 0 spiro atoms. The van der Waals surface area contributed by atoms with Crippen molar-refractivity contribution in [2.75, 3.05) is 11.5 Å². The lowest BCUT2D eigenvalue weighted by atomic mass is 10.1. The number of benzene rings is 2. The van der Waals surface area contributed by atoms with Crippen molar-refractivity contribution in [2.45, 2.75) is 25.7 Å². The summed E-state index contributed by atoms with van der Waals surface area (Å²) in [5.41, 5.74) is 17.7. The predicted molar refractivity (Wildman–Crippen MR) is 126 cm³/mol. The summed E-state index contributed by atoms with van der Waals surface area (Å²) in [6, 6.07) is 8.37. The highest BCUT2D eigenvalue weighted by atomic mass is 33.1. The van der Waals surface area contributed by atoms with Crippen LogP contribution in [0.1, 0.15) is 46.4 Å². The topological polar surface area (TPSA) is 172 Å². The van der Waals surface area contributed by atoms with Gasteiger partial charge < -0.3 is 10.2 Å². The molecule has 0 bridgehead atoms. The Hall–Kier alpha value is -3.30. The fourth-order valence-electron chi connectivity index (χ4n) is 2.71. The number of phenolic OH excluding ortho intramolecular Hbond substituents is 2. The molecule has 0 amide bonds. The van der Waals surface area contributed by atoms with Crippen LogP contribution in [-0.4, -0.2) is 33.3 Å². The minimum Gasteiger partial charge on any atom is -0.507 e. The third kappa shape index (κ3) is 7.75. The second kappa shape index (κ2) is 13.2. The summed E-state index contributed by atoms with van der Waals surface area (Å²) >= 11 is 0. The van der Waals surface area contributed by atoms with Crippen LogP contribution < -0.4 is 0 Å². The maximum atomic E-state index is 12.2. The van der Waals surface area contributed by atoms with Gasteiger partial charge in [0.25, 0.3) is 0 Å². The summed E-state index contributed by atoms with van der Waals surface area (Å²) < 4.78 is 0. The average Bonchev–Trinajstić information content (AvgIpc) is 2.76. The Morgan fingerprint density at radius 3 is 1.53 bits per heavy atom. The summed E-state index contributed by atoms with van der Waals surface area (Å²) in [6.45, 7) is 0. The van der Waals surface area contributed by atoms with Crippen molar-refractivity contribution in [1.29, 1.82) is 0 Å². The van der Waals surface area contributed by atoms with Crippen molar-refractivity contribution in [3.8, 4) is 11.5 Å². The molecule has 0 aromatic heterocycles. The van der Waals surface area contributed by atoms with Gasteiger partial charge in [0, 0.05) is 45.5 Å². The number of hydrogen-bond donors (Lipinski definition) is 2. The van der Waals surface area contributed by atoms with Gasteiger partial charge >= 0.3 is 0 Å². The molecule has 166 valence electrons. The number of Topliss-reactive ketones (excluding diaryl/α,β-unsaturated/α-hetero) is 2. The van der Waals surface area contributed by atoms with E-state index in [9.17, 15) is 19.8 Å². The largest absolute Gasteiger partial charge is 0.507 e. The van der Waals surface area contributed by atoms with Crippen LogP contribution in [0.4, 0.5) is 11.4 Å². The van der Waals surface area contributed by atoms with Crippen molar-refractivity contribution in [1.82, 2.24) is 0 Å². The van der Waals surface area contributed by atoms with Gasteiger partial charge in [-0.25, -0.2) is 0 Å². The van der Waals surface area contributed by atoms with E-state index in [2.05, 4.69) is 20.1 Å². The SMILES string of the molecule is [N-]=[N+]=Nc1ccc(C(=O)CCCSSCCCC(=O)c2ccc(N=[N+]=[N-])cc2O)c(O)c1. The van der Waals surface area contributed by atoms with Crippen molar-refractivity contribution < 1.29 is 19.8 Å². The van der Waals surface area contributed by atoms with Gasteiger partial charge in [0.15, 0.2) is 11.6 Å². The molecule has 0 heterocycles. The highest BCUT2D eigenvalue weighted by Gasteiger charge is 2.12. The molecular formula is C20H20N6O4S2. The average molecular weight is 473 g/mol. The minimum atomic E-state index is -0.204. The zero-order chi connectivity index (χ0) is 23.3. The molecule has 2 N–H and O–H groups in total. The van der Waals surface area contributed by atoms with Crippen LogP contribution in [0.5, 0.6) is 11.5 Å². The summed E-state index contributed by atoms with van der Waals surface area (Å²) in [5.74, 6) is 0.706. The maximum absolute atomic E-state index is 12.2. The first kappa shape index (κ1) is 25.0. The van der Waals surface area contributed by atoms with Crippen LogP contribution in [-0.2, 0) is 0 Å². The molecular weight excluding hydrogens is 452 g/mol. The zero-order valence-electron chi connectivity index (χ0n) is 16.9. The number of aromatic hydroxyl groups is 2. The molecule has 10 nitrogen and oxygen atoms in total. The number of phenols is 2. The van der Waals surface area contributed by atoms with Crippen LogP contribution in [0.15, 0.2) is 46.6 Å². The molecule has 0 aliphatic carbocycles. The van der Waals surface area contributed by atoms with Crippen molar-refractivity contribution in [3.63, 3.8) is 0 Å². The summed E-state index contributed by atoms with van der Waals surface area (Å²) in [7, 11) is 3.20. The number of rotatable bonds is 13. The van der Waals surface area contributed by atoms with E-state index in [-0.39, 0.29) is 58.4 Å². The smallest absolute Gasteiger partial charge is 0.166 e. The van der Waals surface area contributed by atoms with Crippen LogP contribution in [0, 0.1) is 0 Å². The van der Waals surface area contributed by atoms with E-state index in [0.29, 0.717) is 12.8 Å². The highest BCUT2D eigenvalue weighted by molar-refractivity contribution is 8.76. The third-order valence-electron chi connectivity index (χ3n) is 4.23. The molecule has 32 heavy (non-hydrogen) atoms. The van der Waals surface area contributed by atoms with E-state index in [1.165, 1.54) is 36.4 Å². The van der Waals surface area contributed by atoms with Gasteiger partial charge in [-0.1, -0.05) is 43.9 Å². The fraction of sp³-hybridized carbons (Fsp3) is 0.300. The Morgan fingerprint density at radius 2 is 1.19 bits per heavy atom. The van der Waals surface area contributed by atoms with Crippen LogP contribution in [0.2, 0.25) is 0 Å². The first-order valence-corrected chi connectivity index (χ1v) is 12.0. The molecule has 0 aliphatic heterocycles. The van der Waals surface area contributed by atoms with Crippen LogP contribution >= 0.6 is 21.6 Å². The van der Waals surface area contributed by atoms with E-state index < -0.39 is 0 Å². The maximum Gasteiger partial charge on any atom is 0.166 e. The number of carbonyl (C=O) groups excluding carboxylic acids is 2. The van der Waals surface area contributed by atoms with Gasteiger partial charge in [-0.2, -0.15) is 0 Å².